The third-order valence-corrected chi connectivity index (χ3v) is 3.91. The zero-order chi connectivity index (χ0) is 11.7. The molecule has 3 heteroatoms. The van der Waals surface area contributed by atoms with Crippen molar-refractivity contribution in [1.82, 2.24) is 5.32 Å². The first-order valence-electron chi connectivity index (χ1n) is 6.40. The van der Waals surface area contributed by atoms with Gasteiger partial charge in [0.05, 0.1) is 25.4 Å². The zero-order valence-electron chi connectivity index (χ0n) is 9.88. The van der Waals surface area contributed by atoms with Crippen molar-refractivity contribution in [2.75, 3.05) is 13.2 Å². The Balaban J connectivity index is 1.49. The molecule has 0 unspecified atom stereocenters. The molecule has 1 saturated heterocycles. The van der Waals surface area contributed by atoms with E-state index in [0.717, 1.165) is 0 Å². The first-order chi connectivity index (χ1) is 8.33. The van der Waals surface area contributed by atoms with E-state index in [1.165, 1.54) is 18.4 Å². The van der Waals surface area contributed by atoms with Crippen LogP contribution in [-0.2, 0) is 4.74 Å². The largest absolute Gasteiger partial charge is 0.389 e. The lowest BCUT2D eigenvalue weighted by Crippen LogP contribution is -2.49. The minimum Gasteiger partial charge on any atom is -0.389 e. The van der Waals surface area contributed by atoms with Crippen LogP contribution in [0.1, 0.15) is 24.3 Å². The topological polar surface area (TPSA) is 41.5 Å². The number of aliphatic hydroxyl groups is 1. The third-order valence-electron chi connectivity index (χ3n) is 3.91. The van der Waals surface area contributed by atoms with Gasteiger partial charge in [-0.15, -0.1) is 0 Å². The van der Waals surface area contributed by atoms with Crippen LogP contribution in [0.5, 0.6) is 0 Å². The summed E-state index contributed by atoms with van der Waals surface area (Å²) in [6.45, 7) is 1.13. The lowest BCUT2D eigenvalue weighted by molar-refractivity contribution is 0.118. The fourth-order valence-corrected chi connectivity index (χ4v) is 2.76. The molecule has 0 radical (unpaired) electrons. The van der Waals surface area contributed by atoms with Crippen molar-refractivity contribution in [2.24, 2.45) is 0 Å². The van der Waals surface area contributed by atoms with E-state index in [1.54, 1.807) is 0 Å². The summed E-state index contributed by atoms with van der Waals surface area (Å²) in [5.41, 5.74) is 1.44. The molecule has 2 atom stereocenters. The second kappa shape index (κ2) is 4.77. The molecule has 1 heterocycles. The average Bonchev–Trinajstić information content (AvgIpc) is 2.70. The summed E-state index contributed by atoms with van der Waals surface area (Å²) in [7, 11) is 0. The van der Waals surface area contributed by atoms with Gasteiger partial charge in [-0.3, -0.25) is 0 Å². The summed E-state index contributed by atoms with van der Waals surface area (Å²) >= 11 is 0. The first-order valence-corrected chi connectivity index (χ1v) is 6.40. The Bertz CT molecular complexity index is 362. The third kappa shape index (κ3) is 2.37. The fourth-order valence-electron chi connectivity index (χ4n) is 2.76. The molecule has 1 aromatic rings. The van der Waals surface area contributed by atoms with E-state index in [2.05, 4.69) is 35.6 Å². The van der Waals surface area contributed by atoms with Gasteiger partial charge in [-0.25, -0.2) is 0 Å². The lowest BCUT2D eigenvalue weighted by atomic mass is 9.75. The van der Waals surface area contributed by atoms with E-state index in [1.807, 2.05) is 0 Å². The number of hydrogen-bond acceptors (Lipinski definition) is 3. The summed E-state index contributed by atoms with van der Waals surface area (Å²) in [6, 6.07) is 11.3. The Labute approximate surface area is 102 Å². The van der Waals surface area contributed by atoms with Crippen LogP contribution >= 0.6 is 0 Å². The molecule has 2 aliphatic rings. The Hall–Kier alpha value is -0.900. The summed E-state index contributed by atoms with van der Waals surface area (Å²) in [6.07, 6.45) is 2.02. The molecular formula is C14H19NO2. The van der Waals surface area contributed by atoms with Crippen molar-refractivity contribution in [3.05, 3.63) is 35.9 Å². The summed E-state index contributed by atoms with van der Waals surface area (Å²) < 4.78 is 5.24. The maximum Gasteiger partial charge on any atom is 0.0948 e. The van der Waals surface area contributed by atoms with Crippen LogP contribution in [0.25, 0.3) is 0 Å². The standard InChI is InChI=1S/C14H19NO2/c16-14-9-17-8-13(14)15-12-6-11(7-12)10-4-2-1-3-5-10/h1-5,11-16H,6-9H2/t11?,12?,13-,14+/m0/s1. The predicted octanol–water partition coefficient (Wildman–Crippen LogP) is 1.28. The van der Waals surface area contributed by atoms with E-state index in [4.69, 9.17) is 4.74 Å². The van der Waals surface area contributed by atoms with Gasteiger partial charge < -0.3 is 15.2 Å². The number of rotatable bonds is 3. The van der Waals surface area contributed by atoms with Crippen LogP contribution in [0.2, 0.25) is 0 Å². The molecule has 0 bridgehead atoms. The van der Waals surface area contributed by atoms with Crippen LogP contribution < -0.4 is 5.32 Å². The molecule has 1 aromatic carbocycles. The molecule has 1 aliphatic heterocycles. The molecular weight excluding hydrogens is 214 g/mol. The minimum atomic E-state index is -0.328. The van der Waals surface area contributed by atoms with Gasteiger partial charge in [-0.2, -0.15) is 0 Å². The van der Waals surface area contributed by atoms with E-state index < -0.39 is 0 Å². The number of hydrogen-bond donors (Lipinski definition) is 2. The van der Waals surface area contributed by atoms with Crippen LogP contribution in [0.3, 0.4) is 0 Å². The highest BCUT2D eigenvalue weighted by atomic mass is 16.5. The molecule has 3 rings (SSSR count). The molecule has 1 saturated carbocycles. The molecule has 2 fully saturated rings. The van der Waals surface area contributed by atoms with Crippen molar-refractivity contribution in [3.63, 3.8) is 0 Å². The molecule has 17 heavy (non-hydrogen) atoms. The van der Waals surface area contributed by atoms with E-state index in [9.17, 15) is 5.11 Å². The van der Waals surface area contributed by atoms with Crippen LogP contribution in [-0.4, -0.2) is 36.5 Å². The fraction of sp³-hybridized carbons (Fsp3) is 0.571. The van der Waals surface area contributed by atoms with Crippen LogP contribution in [0.4, 0.5) is 0 Å². The van der Waals surface area contributed by atoms with Gasteiger partial charge in [0.15, 0.2) is 0 Å². The minimum absolute atomic E-state index is 0.136. The number of ether oxygens (including phenoxy) is 1. The zero-order valence-corrected chi connectivity index (χ0v) is 9.88. The molecule has 92 valence electrons. The summed E-state index contributed by atoms with van der Waals surface area (Å²) in [4.78, 5) is 0. The maximum atomic E-state index is 9.65. The Kier molecular flexibility index (Phi) is 3.14. The van der Waals surface area contributed by atoms with E-state index in [-0.39, 0.29) is 12.1 Å². The highest BCUT2D eigenvalue weighted by Crippen LogP contribution is 2.37. The van der Waals surface area contributed by atoms with Gasteiger partial charge in [0.25, 0.3) is 0 Å². The van der Waals surface area contributed by atoms with Gasteiger partial charge >= 0.3 is 0 Å². The van der Waals surface area contributed by atoms with E-state index >= 15 is 0 Å². The van der Waals surface area contributed by atoms with Crippen LogP contribution in [0, 0.1) is 0 Å². The molecule has 3 nitrogen and oxygen atoms in total. The summed E-state index contributed by atoms with van der Waals surface area (Å²) in [5, 5.41) is 13.1. The second-order valence-corrected chi connectivity index (χ2v) is 5.15. The van der Waals surface area contributed by atoms with Crippen molar-refractivity contribution in [3.8, 4) is 0 Å². The highest BCUT2D eigenvalue weighted by Gasteiger charge is 2.35. The van der Waals surface area contributed by atoms with Gasteiger partial charge in [-0.1, -0.05) is 30.3 Å². The van der Waals surface area contributed by atoms with Crippen molar-refractivity contribution < 1.29 is 9.84 Å². The van der Waals surface area contributed by atoms with Gasteiger partial charge in [0, 0.05) is 6.04 Å². The number of nitrogens with one attached hydrogen (secondary N) is 1. The SMILES string of the molecule is O[C@@H]1COC[C@@H]1NC1CC(c2ccccc2)C1. The van der Waals surface area contributed by atoms with Crippen LogP contribution in [0.15, 0.2) is 30.3 Å². The smallest absolute Gasteiger partial charge is 0.0948 e. The van der Waals surface area contributed by atoms with Gasteiger partial charge in [0.1, 0.15) is 0 Å². The Morgan fingerprint density at radius 1 is 1.12 bits per heavy atom. The molecule has 0 aromatic heterocycles. The Morgan fingerprint density at radius 2 is 1.88 bits per heavy atom. The van der Waals surface area contributed by atoms with E-state index in [0.29, 0.717) is 25.2 Å². The molecule has 0 amide bonds. The monoisotopic (exact) mass is 233 g/mol. The predicted molar refractivity (Wildman–Crippen MR) is 66.0 cm³/mol. The van der Waals surface area contributed by atoms with Crippen molar-refractivity contribution >= 4 is 0 Å². The Morgan fingerprint density at radius 3 is 2.53 bits per heavy atom. The number of benzene rings is 1. The quantitative estimate of drug-likeness (QED) is 0.826. The normalized spacial score (nSPS) is 36.8. The lowest BCUT2D eigenvalue weighted by Gasteiger charge is -2.38. The van der Waals surface area contributed by atoms with Crippen molar-refractivity contribution in [1.29, 1.82) is 0 Å². The van der Waals surface area contributed by atoms with Gasteiger partial charge in [-0.05, 0) is 24.3 Å². The molecule has 1 aliphatic carbocycles. The van der Waals surface area contributed by atoms with Crippen molar-refractivity contribution in [2.45, 2.75) is 36.9 Å². The first kappa shape index (κ1) is 11.2. The average molecular weight is 233 g/mol. The maximum absolute atomic E-state index is 9.65. The van der Waals surface area contributed by atoms with Gasteiger partial charge in [0.2, 0.25) is 0 Å². The second-order valence-electron chi connectivity index (χ2n) is 5.15. The highest BCUT2D eigenvalue weighted by molar-refractivity contribution is 5.22. The molecule has 0 spiro atoms. The number of aliphatic hydroxyl groups excluding tert-OH is 1. The summed E-state index contributed by atoms with van der Waals surface area (Å²) in [5.74, 6) is 0.688. The molecule has 2 N–H and O–H groups in total.